The quantitative estimate of drug-likeness (QED) is 0.888. The Balaban J connectivity index is 1.99. The van der Waals surface area contributed by atoms with Gasteiger partial charge in [-0.1, -0.05) is 29.3 Å². The molecule has 4 heteroatoms. The molecule has 1 heterocycles. The zero-order valence-corrected chi connectivity index (χ0v) is 11.1. The standard InChI is InChI=1S/C13H17Cl2NO/c14-11-4-3-9(12(15)7-11)6-13(17)10-2-1-5-16-8-10/h3-4,7,10,13,16-17H,1-2,5-6,8H2. The van der Waals surface area contributed by atoms with Crippen molar-refractivity contribution in [3.8, 4) is 0 Å². The summed E-state index contributed by atoms with van der Waals surface area (Å²) in [6.07, 6.45) is 2.49. The van der Waals surface area contributed by atoms with Crippen LogP contribution in [0, 0.1) is 5.92 Å². The average molecular weight is 274 g/mol. The minimum absolute atomic E-state index is 0.329. The van der Waals surface area contributed by atoms with E-state index in [1.54, 1.807) is 6.07 Å². The Bertz CT molecular complexity index is 378. The third kappa shape index (κ3) is 3.59. The fraction of sp³-hybridized carbons (Fsp3) is 0.538. The van der Waals surface area contributed by atoms with Gasteiger partial charge in [0.05, 0.1) is 6.10 Å². The fourth-order valence-electron chi connectivity index (χ4n) is 2.29. The van der Waals surface area contributed by atoms with Crippen LogP contribution in [0.4, 0.5) is 0 Å². The van der Waals surface area contributed by atoms with Crippen LogP contribution in [-0.2, 0) is 6.42 Å². The molecule has 0 spiro atoms. The van der Waals surface area contributed by atoms with Crippen LogP contribution in [0.25, 0.3) is 0 Å². The first kappa shape index (κ1) is 13.2. The van der Waals surface area contributed by atoms with Gasteiger partial charge in [-0.15, -0.1) is 0 Å². The molecule has 0 radical (unpaired) electrons. The summed E-state index contributed by atoms with van der Waals surface area (Å²) in [5.41, 5.74) is 0.967. The second-order valence-electron chi connectivity index (χ2n) is 4.61. The smallest absolute Gasteiger partial charge is 0.0621 e. The number of aliphatic hydroxyl groups is 1. The van der Waals surface area contributed by atoms with Crippen molar-refractivity contribution in [1.82, 2.24) is 5.32 Å². The van der Waals surface area contributed by atoms with Crippen LogP contribution in [0.15, 0.2) is 18.2 Å². The van der Waals surface area contributed by atoms with Gasteiger partial charge in [-0.3, -0.25) is 0 Å². The lowest BCUT2D eigenvalue weighted by Gasteiger charge is -2.27. The maximum Gasteiger partial charge on any atom is 0.0621 e. The van der Waals surface area contributed by atoms with Gasteiger partial charge in [-0.25, -0.2) is 0 Å². The van der Waals surface area contributed by atoms with E-state index < -0.39 is 0 Å². The highest BCUT2D eigenvalue weighted by molar-refractivity contribution is 6.35. The Labute approximate surface area is 112 Å². The first-order valence-electron chi connectivity index (χ1n) is 5.99. The minimum Gasteiger partial charge on any atom is -0.392 e. The molecule has 0 aliphatic carbocycles. The summed E-state index contributed by atoms with van der Waals surface area (Å²) in [6.45, 7) is 1.96. The van der Waals surface area contributed by atoms with Crippen LogP contribution in [0.5, 0.6) is 0 Å². The minimum atomic E-state index is -0.332. The predicted octanol–water partition coefficient (Wildman–Crippen LogP) is 2.90. The first-order valence-corrected chi connectivity index (χ1v) is 6.75. The number of halogens is 2. The van der Waals surface area contributed by atoms with Crippen LogP contribution in [0.3, 0.4) is 0 Å². The van der Waals surface area contributed by atoms with E-state index in [1.807, 2.05) is 12.1 Å². The molecule has 1 saturated heterocycles. The molecule has 2 unspecified atom stereocenters. The van der Waals surface area contributed by atoms with Gasteiger partial charge in [-0.05, 0) is 43.0 Å². The molecule has 2 atom stereocenters. The number of rotatable bonds is 3. The van der Waals surface area contributed by atoms with Crippen molar-refractivity contribution in [2.45, 2.75) is 25.4 Å². The van der Waals surface area contributed by atoms with E-state index in [0.717, 1.165) is 31.5 Å². The Kier molecular flexibility index (Phi) is 4.69. The number of hydrogen-bond acceptors (Lipinski definition) is 2. The Hall–Kier alpha value is -0.280. The largest absolute Gasteiger partial charge is 0.392 e. The van der Waals surface area contributed by atoms with Crippen molar-refractivity contribution in [2.24, 2.45) is 5.92 Å². The van der Waals surface area contributed by atoms with Gasteiger partial charge >= 0.3 is 0 Å². The summed E-state index contributed by atoms with van der Waals surface area (Å²) < 4.78 is 0. The van der Waals surface area contributed by atoms with E-state index in [-0.39, 0.29) is 6.10 Å². The van der Waals surface area contributed by atoms with Crippen LogP contribution in [0.2, 0.25) is 10.0 Å². The highest BCUT2D eigenvalue weighted by Crippen LogP contribution is 2.25. The van der Waals surface area contributed by atoms with Gasteiger partial charge in [-0.2, -0.15) is 0 Å². The van der Waals surface area contributed by atoms with Crippen LogP contribution >= 0.6 is 23.2 Å². The molecule has 0 aromatic heterocycles. The Morgan fingerprint density at radius 2 is 2.24 bits per heavy atom. The molecule has 0 bridgehead atoms. The normalized spacial score (nSPS) is 22.4. The van der Waals surface area contributed by atoms with E-state index in [9.17, 15) is 5.11 Å². The summed E-state index contributed by atoms with van der Waals surface area (Å²) in [7, 11) is 0. The molecular formula is C13H17Cl2NO. The van der Waals surface area contributed by atoms with Crippen molar-refractivity contribution >= 4 is 23.2 Å². The number of aliphatic hydroxyl groups excluding tert-OH is 1. The predicted molar refractivity (Wildman–Crippen MR) is 71.8 cm³/mol. The van der Waals surface area contributed by atoms with Gasteiger partial charge in [0.1, 0.15) is 0 Å². The van der Waals surface area contributed by atoms with E-state index in [2.05, 4.69) is 5.32 Å². The van der Waals surface area contributed by atoms with Crippen LogP contribution in [-0.4, -0.2) is 24.3 Å². The summed E-state index contributed by atoms with van der Waals surface area (Å²) in [4.78, 5) is 0. The molecule has 0 amide bonds. The second kappa shape index (κ2) is 6.05. The van der Waals surface area contributed by atoms with Crippen molar-refractivity contribution < 1.29 is 5.11 Å². The molecule has 2 N–H and O–H groups in total. The highest BCUT2D eigenvalue weighted by Gasteiger charge is 2.22. The summed E-state index contributed by atoms with van der Waals surface area (Å²) in [5.74, 6) is 0.329. The Morgan fingerprint density at radius 3 is 2.88 bits per heavy atom. The van der Waals surface area contributed by atoms with Gasteiger partial charge in [0.2, 0.25) is 0 Å². The summed E-state index contributed by atoms with van der Waals surface area (Å²) >= 11 is 11.9. The Morgan fingerprint density at radius 1 is 1.41 bits per heavy atom. The third-order valence-corrected chi connectivity index (χ3v) is 3.91. The zero-order valence-electron chi connectivity index (χ0n) is 9.63. The van der Waals surface area contributed by atoms with Crippen molar-refractivity contribution in [3.05, 3.63) is 33.8 Å². The third-order valence-electron chi connectivity index (χ3n) is 3.32. The molecule has 0 saturated carbocycles. The number of hydrogen-bond donors (Lipinski definition) is 2. The van der Waals surface area contributed by atoms with Gasteiger partial charge in [0.15, 0.2) is 0 Å². The zero-order chi connectivity index (χ0) is 12.3. The molecule has 2 rings (SSSR count). The molecular weight excluding hydrogens is 257 g/mol. The topological polar surface area (TPSA) is 32.3 Å². The molecule has 17 heavy (non-hydrogen) atoms. The van der Waals surface area contributed by atoms with Gasteiger partial charge in [0.25, 0.3) is 0 Å². The SMILES string of the molecule is OC(Cc1ccc(Cl)cc1Cl)C1CCCNC1. The van der Waals surface area contributed by atoms with Crippen molar-refractivity contribution in [2.75, 3.05) is 13.1 Å². The summed E-state index contributed by atoms with van der Waals surface area (Å²) in [5, 5.41) is 14.8. The van der Waals surface area contributed by atoms with Gasteiger partial charge in [0, 0.05) is 23.0 Å². The average Bonchev–Trinajstić information content (AvgIpc) is 2.34. The number of nitrogens with one attached hydrogen (secondary N) is 1. The molecule has 1 fully saturated rings. The molecule has 2 nitrogen and oxygen atoms in total. The van der Waals surface area contributed by atoms with Gasteiger partial charge < -0.3 is 10.4 Å². The lowest BCUT2D eigenvalue weighted by Crippen LogP contribution is -2.37. The van der Waals surface area contributed by atoms with E-state index in [1.165, 1.54) is 0 Å². The van der Waals surface area contributed by atoms with Crippen LogP contribution in [0.1, 0.15) is 18.4 Å². The monoisotopic (exact) mass is 273 g/mol. The van der Waals surface area contributed by atoms with Crippen molar-refractivity contribution in [3.63, 3.8) is 0 Å². The maximum absolute atomic E-state index is 10.2. The second-order valence-corrected chi connectivity index (χ2v) is 5.46. The molecule has 94 valence electrons. The first-order chi connectivity index (χ1) is 8.16. The van der Waals surface area contributed by atoms with E-state index >= 15 is 0 Å². The number of benzene rings is 1. The van der Waals surface area contributed by atoms with Crippen LogP contribution < -0.4 is 5.32 Å². The molecule has 1 aromatic carbocycles. The lowest BCUT2D eigenvalue weighted by molar-refractivity contribution is 0.0922. The molecule has 1 aliphatic heterocycles. The molecule has 1 aliphatic rings. The summed E-state index contributed by atoms with van der Waals surface area (Å²) in [6, 6.07) is 5.43. The number of piperidine rings is 1. The molecule has 1 aromatic rings. The fourth-order valence-corrected chi connectivity index (χ4v) is 2.77. The van der Waals surface area contributed by atoms with E-state index in [4.69, 9.17) is 23.2 Å². The van der Waals surface area contributed by atoms with Crippen molar-refractivity contribution in [1.29, 1.82) is 0 Å². The van der Waals surface area contributed by atoms with E-state index in [0.29, 0.717) is 22.4 Å². The highest BCUT2D eigenvalue weighted by atomic mass is 35.5. The lowest BCUT2D eigenvalue weighted by atomic mass is 9.90. The maximum atomic E-state index is 10.2.